The lowest BCUT2D eigenvalue weighted by Gasteiger charge is -2.14. The maximum Gasteiger partial charge on any atom is 0.273 e. The van der Waals surface area contributed by atoms with Crippen molar-refractivity contribution in [1.82, 2.24) is 14.7 Å². The Labute approximate surface area is 180 Å². The molecule has 2 aromatic carbocycles. The molecular weight excluding hydrogens is 404 g/mol. The average molecular weight is 427 g/mol. The zero-order valence-electron chi connectivity index (χ0n) is 17.1. The highest BCUT2D eigenvalue weighted by Gasteiger charge is 2.21. The van der Waals surface area contributed by atoms with Gasteiger partial charge in [0.2, 0.25) is 0 Å². The van der Waals surface area contributed by atoms with Gasteiger partial charge in [0, 0.05) is 31.2 Å². The van der Waals surface area contributed by atoms with Crippen LogP contribution < -0.4 is 10.1 Å². The van der Waals surface area contributed by atoms with E-state index in [0.717, 1.165) is 5.56 Å². The summed E-state index contributed by atoms with van der Waals surface area (Å²) in [4.78, 5) is 26.8. The molecule has 3 rings (SSSR count). The van der Waals surface area contributed by atoms with Crippen LogP contribution in [0.15, 0.2) is 54.7 Å². The molecule has 30 heavy (non-hydrogen) atoms. The van der Waals surface area contributed by atoms with Crippen molar-refractivity contribution in [2.24, 2.45) is 0 Å². The van der Waals surface area contributed by atoms with E-state index in [9.17, 15) is 9.59 Å². The van der Waals surface area contributed by atoms with E-state index >= 15 is 0 Å². The number of rotatable bonds is 7. The fraction of sp³-hybridized carbons (Fsp3) is 0.227. The van der Waals surface area contributed by atoms with E-state index in [1.807, 2.05) is 13.0 Å². The number of amides is 2. The number of nitrogens with one attached hydrogen (secondary N) is 1. The monoisotopic (exact) mass is 426 g/mol. The smallest absolute Gasteiger partial charge is 0.273 e. The van der Waals surface area contributed by atoms with Crippen molar-refractivity contribution in [3.8, 4) is 5.75 Å². The van der Waals surface area contributed by atoms with Crippen LogP contribution in [0.5, 0.6) is 5.75 Å². The van der Waals surface area contributed by atoms with E-state index in [1.165, 1.54) is 11.1 Å². The van der Waals surface area contributed by atoms with Crippen LogP contribution in [0.25, 0.3) is 0 Å². The van der Waals surface area contributed by atoms with Gasteiger partial charge in [-0.05, 0) is 48.9 Å². The number of nitrogens with zero attached hydrogens (tertiary/aromatic N) is 3. The van der Waals surface area contributed by atoms with Crippen LogP contribution in [0.2, 0.25) is 5.02 Å². The zero-order valence-corrected chi connectivity index (χ0v) is 17.8. The lowest BCUT2D eigenvalue weighted by atomic mass is 10.1. The van der Waals surface area contributed by atoms with Gasteiger partial charge in [-0.3, -0.25) is 14.3 Å². The maximum absolute atomic E-state index is 12.8. The molecule has 0 saturated carbocycles. The lowest BCUT2D eigenvalue weighted by molar-refractivity contribution is 0.0816. The molecule has 0 atom stereocenters. The van der Waals surface area contributed by atoms with E-state index < -0.39 is 0 Å². The Morgan fingerprint density at radius 1 is 1.17 bits per heavy atom. The molecule has 7 nitrogen and oxygen atoms in total. The summed E-state index contributed by atoms with van der Waals surface area (Å²) in [5, 5.41) is 7.63. The van der Waals surface area contributed by atoms with Crippen LogP contribution in [0, 0.1) is 0 Å². The number of halogens is 1. The summed E-state index contributed by atoms with van der Waals surface area (Å²) < 4.78 is 7.30. The number of ether oxygens (including phenoxy) is 1. The van der Waals surface area contributed by atoms with Crippen LogP contribution in [-0.4, -0.2) is 40.6 Å². The summed E-state index contributed by atoms with van der Waals surface area (Å²) in [5.74, 6) is 0.134. The quantitative estimate of drug-likeness (QED) is 0.617. The Balaban J connectivity index is 1.73. The Kier molecular flexibility index (Phi) is 6.74. The van der Waals surface area contributed by atoms with E-state index in [0.29, 0.717) is 40.9 Å². The number of carbonyl (C=O) groups excluding carboxylic acids is 2. The van der Waals surface area contributed by atoms with Gasteiger partial charge in [0.05, 0.1) is 11.9 Å². The predicted molar refractivity (Wildman–Crippen MR) is 116 cm³/mol. The third kappa shape index (κ3) is 4.99. The van der Waals surface area contributed by atoms with Crippen molar-refractivity contribution >= 4 is 29.1 Å². The molecule has 2 amide bonds. The van der Waals surface area contributed by atoms with Crippen LogP contribution in [-0.2, 0) is 13.2 Å². The second kappa shape index (κ2) is 9.45. The molecule has 0 saturated heterocycles. The Bertz CT molecular complexity index is 1040. The second-order valence-corrected chi connectivity index (χ2v) is 7.26. The zero-order chi connectivity index (χ0) is 21.7. The minimum atomic E-state index is -0.327. The number of hydrogen-bond donors (Lipinski definition) is 1. The molecule has 0 bridgehead atoms. The van der Waals surface area contributed by atoms with Crippen molar-refractivity contribution < 1.29 is 14.3 Å². The van der Waals surface area contributed by atoms with Crippen molar-refractivity contribution in [2.45, 2.75) is 20.1 Å². The number of aromatic nitrogens is 2. The van der Waals surface area contributed by atoms with Gasteiger partial charge in [0.25, 0.3) is 11.8 Å². The van der Waals surface area contributed by atoms with Crippen LogP contribution in [0.1, 0.15) is 33.3 Å². The summed E-state index contributed by atoms with van der Waals surface area (Å²) in [6, 6.07) is 14.2. The molecule has 0 fully saturated rings. The summed E-state index contributed by atoms with van der Waals surface area (Å²) in [6.45, 7) is 2.71. The molecule has 0 unspecified atom stereocenters. The molecular formula is C22H23ClN4O3. The van der Waals surface area contributed by atoms with Gasteiger partial charge in [0.15, 0.2) is 0 Å². The van der Waals surface area contributed by atoms with Crippen molar-refractivity contribution in [3.63, 3.8) is 0 Å². The van der Waals surface area contributed by atoms with Crippen LogP contribution >= 0.6 is 11.6 Å². The van der Waals surface area contributed by atoms with Gasteiger partial charge in [-0.25, -0.2) is 0 Å². The Morgan fingerprint density at radius 3 is 2.57 bits per heavy atom. The molecule has 3 aromatic rings. The molecule has 0 radical (unpaired) electrons. The topological polar surface area (TPSA) is 76.5 Å². The second-order valence-electron chi connectivity index (χ2n) is 6.82. The van der Waals surface area contributed by atoms with Gasteiger partial charge < -0.3 is 15.0 Å². The largest absolute Gasteiger partial charge is 0.489 e. The van der Waals surface area contributed by atoms with E-state index in [1.54, 1.807) is 61.2 Å². The summed E-state index contributed by atoms with van der Waals surface area (Å²) in [6.07, 6.45) is 1.49. The number of anilines is 1. The van der Waals surface area contributed by atoms with Crippen LogP contribution in [0.3, 0.4) is 0 Å². The summed E-state index contributed by atoms with van der Waals surface area (Å²) in [5.41, 5.74) is 2.02. The molecule has 156 valence electrons. The molecule has 1 aromatic heterocycles. The predicted octanol–water partition coefficient (Wildman–Crippen LogP) is 4.09. The lowest BCUT2D eigenvalue weighted by Crippen LogP contribution is -2.26. The van der Waals surface area contributed by atoms with Gasteiger partial charge >= 0.3 is 0 Å². The fourth-order valence-corrected chi connectivity index (χ4v) is 2.97. The maximum atomic E-state index is 12.8. The number of carbonyl (C=O) groups is 2. The highest BCUT2D eigenvalue weighted by Crippen LogP contribution is 2.20. The van der Waals surface area contributed by atoms with E-state index in [2.05, 4.69) is 10.4 Å². The molecule has 1 N–H and O–H groups in total. The average Bonchev–Trinajstić information content (AvgIpc) is 3.15. The molecule has 0 spiro atoms. The van der Waals surface area contributed by atoms with Crippen LogP contribution in [0.4, 0.5) is 5.69 Å². The minimum absolute atomic E-state index is 0.227. The van der Waals surface area contributed by atoms with Gasteiger partial charge in [-0.15, -0.1) is 0 Å². The first-order valence-corrected chi connectivity index (χ1v) is 9.83. The SMILES string of the molecule is CCn1ncc(NC(=O)c2cccc(COc3ccc(Cl)cc3)c2)c1C(=O)N(C)C. The van der Waals surface area contributed by atoms with E-state index in [-0.39, 0.29) is 11.8 Å². The third-order valence-electron chi connectivity index (χ3n) is 4.40. The standard InChI is InChI=1S/C22H23ClN4O3/c1-4-27-20(22(29)26(2)3)19(13-24-27)25-21(28)16-7-5-6-15(12-16)14-30-18-10-8-17(23)9-11-18/h5-13H,4,14H2,1-3H3,(H,25,28). The highest BCUT2D eigenvalue weighted by molar-refractivity contribution is 6.30. The van der Waals surface area contributed by atoms with Crippen molar-refractivity contribution in [3.05, 3.63) is 76.6 Å². The molecule has 8 heteroatoms. The Hall–Kier alpha value is -3.32. The number of hydrogen-bond acceptors (Lipinski definition) is 4. The first-order valence-electron chi connectivity index (χ1n) is 9.45. The first kappa shape index (κ1) is 21.4. The minimum Gasteiger partial charge on any atom is -0.489 e. The normalized spacial score (nSPS) is 10.5. The van der Waals surface area contributed by atoms with E-state index in [4.69, 9.17) is 16.3 Å². The van der Waals surface area contributed by atoms with Crippen molar-refractivity contribution in [2.75, 3.05) is 19.4 Å². The fourth-order valence-electron chi connectivity index (χ4n) is 2.85. The summed E-state index contributed by atoms with van der Waals surface area (Å²) >= 11 is 5.88. The Morgan fingerprint density at radius 2 is 1.90 bits per heavy atom. The third-order valence-corrected chi connectivity index (χ3v) is 4.66. The van der Waals surface area contributed by atoms with Crippen molar-refractivity contribution in [1.29, 1.82) is 0 Å². The highest BCUT2D eigenvalue weighted by atomic mass is 35.5. The first-order chi connectivity index (χ1) is 14.4. The molecule has 0 aliphatic carbocycles. The van der Waals surface area contributed by atoms with Gasteiger partial charge in [0.1, 0.15) is 18.1 Å². The van der Waals surface area contributed by atoms with Gasteiger partial charge in [-0.1, -0.05) is 23.7 Å². The number of aryl methyl sites for hydroxylation is 1. The van der Waals surface area contributed by atoms with Gasteiger partial charge in [-0.2, -0.15) is 5.10 Å². The number of benzene rings is 2. The molecule has 1 heterocycles. The molecule has 0 aliphatic rings. The summed E-state index contributed by atoms with van der Waals surface area (Å²) in [7, 11) is 3.32. The molecule has 0 aliphatic heterocycles.